The fraction of sp³-hybridized carbons (Fsp3) is 0.238. The van der Waals surface area contributed by atoms with Crippen molar-refractivity contribution in [1.82, 2.24) is 19.9 Å². The molecule has 0 aliphatic carbocycles. The number of carbonyl (C=O) groups is 1. The van der Waals surface area contributed by atoms with Crippen LogP contribution in [0.3, 0.4) is 0 Å². The predicted octanol–water partition coefficient (Wildman–Crippen LogP) is 2.27. The molecule has 0 saturated carbocycles. The normalized spacial score (nSPS) is 18.3. The van der Waals surface area contributed by atoms with Gasteiger partial charge in [-0.25, -0.2) is 0 Å². The average Bonchev–Trinajstić information content (AvgIpc) is 2.74. The van der Waals surface area contributed by atoms with E-state index in [0.717, 1.165) is 0 Å². The summed E-state index contributed by atoms with van der Waals surface area (Å²) in [4.78, 5) is 26.8. The Bertz CT molecular complexity index is 997. The monoisotopic (exact) mass is 392 g/mol. The summed E-state index contributed by atoms with van der Waals surface area (Å²) in [5, 5.41) is 32.0. The summed E-state index contributed by atoms with van der Waals surface area (Å²) in [6, 6.07) is 9.22. The highest BCUT2D eigenvalue weighted by atomic mass is 16.3. The first-order valence-electron chi connectivity index (χ1n) is 9.25. The highest BCUT2D eigenvalue weighted by Crippen LogP contribution is 2.54. The van der Waals surface area contributed by atoms with E-state index in [-0.39, 0.29) is 28.6 Å². The standard InChI is InChI=1S/C21H20N4O4/c26-13-25-12-4-5-14(18-15(27)6-1-9-22-18)21(25,19-16(28)7-2-10-23-19)20-17(29)8-3-11-24-20/h1-3,6-11,13-14,27-29H,4-5,12H2. The third kappa shape index (κ3) is 2.84. The van der Waals surface area contributed by atoms with Crippen LogP contribution in [-0.2, 0) is 10.3 Å². The van der Waals surface area contributed by atoms with E-state index in [1.54, 1.807) is 24.4 Å². The van der Waals surface area contributed by atoms with Gasteiger partial charge in [0.2, 0.25) is 6.41 Å². The first-order chi connectivity index (χ1) is 14.1. The topological polar surface area (TPSA) is 120 Å². The fourth-order valence-electron chi connectivity index (χ4n) is 4.29. The Kier molecular flexibility index (Phi) is 4.75. The zero-order valence-corrected chi connectivity index (χ0v) is 15.5. The summed E-state index contributed by atoms with van der Waals surface area (Å²) in [6.07, 6.45) is 6.39. The predicted molar refractivity (Wildman–Crippen MR) is 103 cm³/mol. The fourth-order valence-corrected chi connectivity index (χ4v) is 4.29. The second-order valence-corrected chi connectivity index (χ2v) is 6.91. The number of amides is 1. The molecule has 0 spiro atoms. The third-order valence-electron chi connectivity index (χ3n) is 5.42. The van der Waals surface area contributed by atoms with Gasteiger partial charge in [-0.1, -0.05) is 0 Å². The van der Waals surface area contributed by atoms with Gasteiger partial charge in [-0.15, -0.1) is 0 Å². The summed E-state index contributed by atoms with van der Waals surface area (Å²) in [5.41, 5.74) is -0.788. The number of piperidine rings is 1. The van der Waals surface area contributed by atoms with E-state index in [0.29, 0.717) is 31.5 Å². The molecule has 1 aliphatic rings. The number of nitrogens with zero attached hydrogens (tertiary/aromatic N) is 4. The lowest BCUT2D eigenvalue weighted by Gasteiger charge is -2.49. The minimum atomic E-state index is -1.46. The van der Waals surface area contributed by atoms with Crippen LogP contribution in [0.1, 0.15) is 35.8 Å². The van der Waals surface area contributed by atoms with Crippen LogP contribution < -0.4 is 0 Å². The molecule has 3 N–H and O–H groups in total. The molecule has 1 unspecified atom stereocenters. The minimum absolute atomic E-state index is 0.0412. The van der Waals surface area contributed by atoms with Crippen molar-refractivity contribution in [3.8, 4) is 17.2 Å². The summed E-state index contributed by atoms with van der Waals surface area (Å²) >= 11 is 0. The molecule has 0 aromatic carbocycles. The second-order valence-electron chi connectivity index (χ2n) is 6.91. The maximum atomic E-state index is 12.2. The van der Waals surface area contributed by atoms with Crippen molar-refractivity contribution in [2.45, 2.75) is 24.3 Å². The lowest BCUT2D eigenvalue weighted by Crippen LogP contribution is -2.55. The molecule has 8 heteroatoms. The molecule has 1 aliphatic heterocycles. The third-order valence-corrected chi connectivity index (χ3v) is 5.42. The van der Waals surface area contributed by atoms with Crippen molar-refractivity contribution in [2.75, 3.05) is 6.54 Å². The molecule has 4 rings (SSSR count). The van der Waals surface area contributed by atoms with E-state index in [4.69, 9.17) is 0 Å². The van der Waals surface area contributed by atoms with Gasteiger partial charge in [-0.2, -0.15) is 0 Å². The van der Waals surface area contributed by atoms with Crippen LogP contribution in [-0.4, -0.2) is 48.1 Å². The van der Waals surface area contributed by atoms with E-state index in [2.05, 4.69) is 15.0 Å². The van der Waals surface area contributed by atoms with Crippen molar-refractivity contribution in [2.24, 2.45) is 0 Å². The van der Waals surface area contributed by atoms with E-state index < -0.39 is 11.5 Å². The van der Waals surface area contributed by atoms with Gasteiger partial charge in [0, 0.05) is 31.1 Å². The quantitative estimate of drug-likeness (QED) is 0.583. The molecular formula is C21H20N4O4. The number of pyridine rings is 3. The van der Waals surface area contributed by atoms with Crippen LogP contribution in [0.4, 0.5) is 0 Å². The van der Waals surface area contributed by atoms with Crippen LogP contribution in [0.2, 0.25) is 0 Å². The Morgan fingerprint density at radius 1 is 0.897 bits per heavy atom. The zero-order chi connectivity index (χ0) is 20.4. The van der Waals surface area contributed by atoms with Crippen molar-refractivity contribution in [3.63, 3.8) is 0 Å². The zero-order valence-electron chi connectivity index (χ0n) is 15.5. The van der Waals surface area contributed by atoms with Crippen molar-refractivity contribution in [1.29, 1.82) is 0 Å². The van der Waals surface area contributed by atoms with E-state index in [9.17, 15) is 20.1 Å². The molecule has 3 aromatic rings. The molecule has 148 valence electrons. The van der Waals surface area contributed by atoms with E-state index in [1.807, 2.05) is 0 Å². The Hall–Kier alpha value is -3.68. The number of hydrogen-bond acceptors (Lipinski definition) is 7. The Morgan fingerprint density at radius 2 is 1.45 bits per heavy atom. The van der Waals surface area contributed by atoms with Crippen LogP contribution in [0.15, 0.2) is 55.0 Å². The van der Waals surface area contributed by atoms with Crippen LogP contribution in [0.5, 0.6) is 17.2 Å². The lowest BCUT2D eigenvalue weighted by molar-refractivity contribution is -0.126. The number of aromatic hydroxyl groups is 3. The van der Waals surface area contributed by atoms with E-state index in [1.165, 1.54) is 35.5 Å². The average molecular weight is 392 g/mol. The molecule has 1 fully saturated rings. The SMILES string of the molecule is O=CN1CCCC(c2ncccc2O)C1(c1ncccc1O)c1ncccc1O. The Balaban J connectivity index is 2.12. The van der Waals surface area contributed by atoms with Gasteiger partial charge in [0.15, 0.2) is 0 Å². The number of carbonyl (C=O) groups excluding carboxylic acids is 1. The minimum Gasteiger partial charge on any atom is -0.506 e. The molecular weight excluding hydrogens is 372 g/mol. The smallest absolute Gasteiger partial charge is 0.210 e. The molecule has 0 bridgehead atoms. The highest BCUT2D eigenvalue weighted by molar-refractivity contribution is 5.59. The molecule has 4 heterocycles. The van der Waals surface area contributed by atoms with Gasteiger partial charge < -0.3 is 20.2 Å². The van der Waals surface area contributed by atoms with Crippen LogP contribution in [0.25, 0.3) is 0 Å². The van der Waals surface area contributed by atoms with Crippen molar-refractivity contribution >= 4 is 6.41 Å². The summed E-state index contributed by atoms with van der Waals surface area (Å²) in [5.74, 6) is -0.942. The lowest BCUT2D eigenvalue weighted by atomic mass is 9.69. The Morgan fingerprint density at radius 3 is 1.97 bits per heavy atom. The maximum Gasteiger partial charge on any atom is 0.210 e. The van der Waals surface area contributed by atoms with Crippen molar-refractivity contribution < 1.29 is 20.1 Å². The van der Waals surface area contributed by atoms with Crippen LogP contribution >= 0.6 is 0 Å². The maximum absolute atomic E-state index is 12.2. The molecule has 8 nitrogen and oxygen atoms in total. The molecule has 3 aromatic heterocycles. The van der Waals surface area contributed by atoms with E-state index >= 15 is 0 Å². The van der Waals surface area contributed by atoms with Crippen LogP contribution in [0, 0.1) is 0 Å². The molecule has 0 radical (unpaired) electrons. The first kappa shape index (κ1) is 18.7. The number of likely N-dealkylation sites (tertiary alicyclic amines) is 1. The molecule has 1 atom stereocenters. The summed E-state index contributed by atoms with van der Waals surface area (Å²) < 4.78 is 0. The second kappa shape index (κ2) is 7.38. The van der Waals surface area contributed by atoms with Gasteiger partial charge in [0.25, 0.3) is 0 Å². The molecule has 1 saturated heterocycles. The summed E-state index contributed by atoms with van der Waals surface area (Å²) in [6.45, 7) is 0.361. The van der Waals surface area contributed by atoms with Gasteiger partial charge in [0.05, 0.1) is 5.69 Å². The largest absolute Gasteiger partial charge is 0.506 e. The summed E-state index contributed by atoms with van der Waals surface area (Å²) in [7, 11) is 0. The van der Waals surface area contributed by atoms with Gasteiger partial charge in [0.1, 0.15) is 34.2 Å². The Labute approximate surface area is 167 Å². The molecule has 1 amide bonds. The van der Waals surface area contributed by atoms with Gasteiger partial charge >= 0.3 is 0 Å². The molecule has 29 heavy (non-hydrogen) atoms. The van der Waals surface area contributed by atoms with Gasteiger partial charge in [-0.3, -0.25) is 19.7 Å². The number of hydrogen-bond donors (Lipinski definition) is 3. The van der Waals surface area contributed by atoms with Crippen molar-refractivity contribution in [3.05, 3.63) is 72.1 Å². The number of aromatic nitrogens is 3. The first-order valence-corrected chi connectivity index (χ1v) is 9.25. The van der Waals surface area contributed by atoms with Gasteiger partial charge in [-0.05, 0) is 49.2 Å². The number of rotatable bonds is 4. The highest BCUT2D eigenvalue weighted by Gasteiger charge is 2.55.